The number of hydrogen-bond acceptors (Lipinski definition) is 4. The maximum atomic E-state index is 12.1. The Hall–Kier alpha value is -1.82. The molecule has 0 saturated heterocycles. The quantitative estimate of drug-likeness (QED) is 0.901. The molecule has 6 heteroatoms. The molecule has 5 nitrogen and oxygen atoms in total. The standard InChI is InChI=1S/C17H23N3O2S/c1-5-17(3,4)19-14(21)11-23-16-18-10-15(22)20(16)13-8-6-12(2)7-9-13/h6-9H,5,10-11H2,1-4H3,(H,19,21). The van der Waals surface area contributed by atoms with E-state index >= 15 is 0 Å². The Kier molecular flexibility index (Phi) is 5.46. The van der Waals surface area contributed by atoms with E-state index in [1.807, 2.05) is 52.0 Å². The van der Waals surface area contributed by atoms with Crippen LogP contribution >= 0.6 is 11.8 Å². The van der Waals surface area contributed by atoms with Crippen molar-refractivity contribution in [3.05, 3.63) is 29.8 Å². The maximum Gasteiger partial charge on any atom is 0.254 e. The van der Waals surface area contributed by atoms with Crippen molar-refractivity contribution < 1.29 is 9.59 Å². The van der Waals surface area contributed by atoms with Crippen LogP contribution in [0.2, 0.25) is 0 Å². The van der Waals surface area contributed by atoms with Crippen molar-refractivity contribution in [3.63, 3.8) is 0 Å². The lowest BCUT2D eigenvalue weighted by molar-refractivity contribution is -0.120. The molecule has 0 radical (unpaired) electrons. The van der Waals surface area contributed by atoms with Crippen LogP contribution in [0.25, 0.3) is 0 Å². The van der Waals surface area contributed by atoms with E-state index in [-0.39, 0.29) is 29.7 Å². The molecule has 1 aliphatic heterocycles. The summed E-state index contributed by atoms with van der Waals surface area (Å²) in [6, 6.07) is 7.71. The molecule has 0 fully saturated rings. The van der Waals surface area contributed by atoms with Crippen molar-refractivity contribution in [2.24, 2.45) is 4.99 Å². The molecule has 2 rings (SSSR count). The molecule has 2 amide bonds. The number of rotatable bonds is 5. The molecule has 124 valence electrons. The minimum atomic E-state index is -0.221. The van der Waals surface area contributed by atoms with E-state index in [0.29, 0.717) is 5.17 Å². The fraction of sp³-hybridized carbons (Fsp3) is 0.471. The number of anilines is 1. The van der Waals surface area contributed by atoms with Gasteiger partial charge in [0.1, 0.15) is 6.54 Å². The minimum absolute atomic E-state index is 0.0484. The van der Waals surface area contributed by atoms with Crippen molar-refractivity contribution in [3.8, 4) is 0 Å². The third-order valence-corrected chi connectivity index (χ3v) is 4.75. The van der Waals surface area contributed by atoms with E-state index in [2.05, 4.69) is 10.3 Å². The van der Waals surface area contributed by atoms with Gasteiger partial charge in [0.25, 0.3) is 5.91 Å². The van der Waals surface area contributed by atoms with Crippen LogP contribution < -0.4 is 10.2 Å². The molecular weight excluding hydrogens is 310 g/mol. The van der Waals surface area contributed by atoms with Crippen molar-refractivity contribution in [2.45, 2.75) is 39.7 Å². The van der Waals surface area contributed by atoms with Crippen molar-refractivity contribution >= 4 is 34.4 Å². The van der Waals surface area contributed by atoms with Gasteiger partial charge in [-0.05, 0) is 39.3 Å². The summed E-state index contributed by atoms with van der Waals surface area (Å²) in [7, 11) is 0. The molecule has 1 aliphatic rings. The predicted octanol–water partition coefficient (Wildman–Crippen LogP) is 2.74. The van der Waals surface area contributed by atoms with E-state index in [0.717, 1.165) is 17.7 Å². The highest BCUT2D eigenvalue weighted by molar-refractivity contribution is 8.14. The zero-order valence-electron chi connectivity index (χ0n) is 14.0. The molecule has 1 N–H and O–H groups in total. The van der Waals surface area contributed by atoms with Gasteiger partial charge in [0.05, 0.1) is 11.4 Å². The molecular formula is C17H23N3O2S. The molecule has 0 aromatic heterocycles. The Labute approximate surface area is 141 Å². The topological polar surface area (TPSA) is 61.8 Å². The molecule has 1 aromatic carbocycles. The van der Waals surface area contributed by atoms with Crippen LogP contribution in [0.3, 0.4) is 0 Å². The lowest BCUT2D eigenvalue weighted by Gasteiger charge is -2.24. The van der Waals surface area contributed by atoms with Gasteiger partial charge in [0.2, 0.25) is 5.91 Å². The zero-order valence-corrected chi connectivity index (χ0v) is 14.9. The van der Waals surface area contributed by atoms with Gasteiger partial charge in [-0.3, -0.25) is 19.5 Å². The fourth-order valence-corrected chi connectivity index (χ4v) is 2.90. The van der Waals surface area contributed by atoms with Crippen molar-refractivity contribution in [1.29, 1.82) is 0 Å². The second-order valence-electron chi connectivity index (χ2n) is 6.24. The Morgan fingerprint density at radius 1 is 1.35 bits per heavy atom. The number of thioether (sulfide) groups is 1. The maximum absolute atomic E-state index is 12.1. The second kappa shape index (κ2) is 7.17. The molecule has 1 aromatic rings. The first-order valence-electron chi connectivity index (χ1n) is 7.70. The number of benzene rings is 1. The van der Waals surface area contributed by atoms with E-state index in [9.17, 15) is 9.59 Å². The van der Waals surface area contributed by atoms with E-state index in [4.69, 9.17) is 0 Å². The molecule has 0 atom stereocenters. The van der Waals surface area contributed by atoms with Gasteiger partial charge in [-0.15, -0.1) is 0 Å². The molecule has 0 unspecified atom stereocenters. The average molecular weight is 333 g/mol. The Bertz CT molecular complexity index is 623. The van der Waals surface area contributed by atoms with Gasteiger partial charge < -0.3 is 5.32 Å². The third kappa shape index (κ3) is 4.58. The monoisotopic (exact) mass is 333 g/mol. The fourth-order valence-electron chi connectivity index (χ4n) is 2.07. The largest absolute Gasteiger partial charge is 0.351 e. The van der Waals surface area contributed by atoms with E-state index < -0.39 is 0 Å². The van der Waals surface area contributed by atoms with Crippen LogP contribution in [0.5, 0.6) is 0 Å². The van der Waals surface area contributed by atoms with Gasteiger partial charge in [0, 0.05) is 5.54 Å². The molecule has 0 saturated carbocycles. The number of carbonyl (C=O) groups is 2. The number of amidine groups is 1. The van der Waals surface area contributed by atoms with Gasteiger partial charge in [-0.1, -0.05) is 36.4 Å². The number of carbonyl (C=O) groups excluding carboxylic acids is 2. The highest BCUT2D eigenvalue weighted by atomic mass is 32.2. The molecule has 1 heterocycles. The number of nitrogens with one attached hydrogen (secondary N) is 1. The number of hydrogen-bond donors (Lipinski definition) is 1. The summed E-state index contributed by atoms with van der Waals surface area (Å²) >= 11 is 1.30. The highest BCUT2D eigenvalue weighted by Crippen LogP contribution is 2.24. The van der Waals surface area contributed by atoms with E-state index in [1.54, 1.807) is 4.90 Å². The van der Waals surface area contributed by atoms with Crippen LogP contribution in [0, 0.1) is 6.92 Å². The Morgan fingerprint density at radius 3 is 2.61 bits per heavy atom. The number of aliphatic imine (C=N–C) groups is 1. The van der Waals surface area contributed by atoms with Crippen molar-refractivity contribution in [1.82, 2.24) is 5.32 Å². The first-order chi connectivity index (χ1) is 10.8. The normalized spacial score (nSPS) is 14.9. The zero-order chi connectivity index (χ0) is 17.0. The summed E-state index contributed by atoms with van der Waals surface area (Å²) in [5.41, 5.74) is 1.70. The Balaban J connectivity index is 2.00. The van der Waals surface area contributed by atoms with Gasteiger partial charge >= 0.3 is 0 Å². The smallest absolute Gasteiger partial charge is 0.254 e. The van der Waals surface area contributed by atoms with Gasteiger partial charge in [-0.25, -0.2) is 0 Å². The van der Waals surface area contributed by atoms with Crippen LogP contribution in [0.15, 0.2) is 29.3 Å². The molecule has 23 heavy (non-hydrogen) atoms. The average Bonchev–Trinajstić information content (AvgIpc) is 2.87. The summed E-state index contributed by atoms with van der Waals surface area (Å²) in [5, 5.41) is 3.57. The summed E-state index contributed by atoms with van der Waals surface area (Å²) in [6.07, 6.45) is 0.859. The number of nitrogens with zero attached hydrogens (tertiary/aromatic N) is 2. The Morgan fingerprint density at radius 2 is 2.00 bits per heavy atom. The minimum Gasteiger partial charge on any atom is -0.351 e. The van der Waals surface area contributed by atoms with Crippen molar-refractivity contribution in [2.75, 3.05) is 17.2 Å². The molecule has 0 aliphatic carbocycles. The summed E-state index contributed by atoms with van der Waals surface area (Å²) < 4.78 is 0. The van der Waals surface area contributed by atoms with Gasteiger partial charge in [-0.2, -0.15) is 0 Å². The first-order valence-corrected chi connectivity index (χ1v) is 8.69. The summed E-state index contributed by atoms with van der Waals surface area (Å²) in [4.78, 5) is 30.0. The second-order valence-corrected chi connectivity index (χ2v) is 7.18. The lowest BCUT2D eigenvalue weighted by Crippen LogP contribution is -2.44. The van der Waals surface area contributed by atoms with Crippen LogP contribution in [-0.4, -0.2) is 34.8 Å². The summed E-state index contributed by atoms with van der Waals surface area (Å²) in [5.74, 6) is 0.135. The molecule has 0 bridgehead atoms. The summed E-state index contributed by atoms with van der Waals surface area (Å²) in [6.45, 7) is 8.15. The third-order valence-electron chi connectivity index (χ3n) is 3.78. The predicted molar refractivity (Wildman–Crippen MR) is 95.9 cm³/mol. The van der Waals surface area contributed by atoms with Gasteiger partial charge in [0.15, 0.2) is 5.17 Å². The van der Waals surface area contributed by atoms with Crippen LogP contribution in [0.4, 0.5) is 5.69 Å². The van der Waals surface area contributed by atoms with Crippen LogP contribution in [0.1, 0.15) is 32.8 Å². The van der Waals surface area contributed by atoms with E-state index in [1.165, 1.54) is 11.8 Å². The molecule has 0 spiro atoms. The highest BCUT2D eigenvalue weighted by Gasteiger charge is 2.28. The van der Waals surface area contributed by atoms with Crippen LogP contribution in [-0.2, 0) is 9.59 Å². The number of aryl methyl sites for hydroxylation is 1. The first kappa shape index (κ1) is 17.5. The SMILES string of the molecule is CCC(C)(C)NC(=O)CSC1=NCC(=O)N1c1ccc(C)cc1. The number of amides is 2. The lowest BCUT2D eigenvalue weighted by atomic mass is 10.0.